The Balaban J connectivity index is 1.23. The van der Waals surface area contributed by atoms with Gasteiger partial charge in [0.05, 0.1) is 6.42 Å². The summed E-state index contributed by atoms with van der Waals surface area (Å²) in [5.74, 6) is -0.767. The second kappa shape index (κ2) is 10.6. The number of carboxylic acids is 1. The summed E-state index contributed by atoms with van der Waals surface area (Å²) in [5.41, 5.74) is 3.88. The summed E-state index contributed by atoms with van der Waals surface area (Å²) in [6, 6.07) is 26.9. The molecule has 36 heavy (non-hydrogen) atoms. The maximum absolute atomic E-state index is 12.9. The zero-order chi connectivity index (χ0) is 25.1. The van der Waals surface area contributed by atoms with E-state index in [0.29, 0.717) is 17.1 Å². The van der Waals surface area contributed by atoms with Crippen molar-refractivity contribution < 1.29 is 19.5 Å². The lowest BCUT2D eigenvalue weighted by Gasteiger charge is -2.49. The molecule has 1 fully saturated rings. The Bertz CT molecular complexity index is 1310. The van der Waals surface area contributed by atoms with E-state index in [2.05, 4.69) is 29.6 Å². The third-order valence-corrected chi connectivity index (χ3v) is 8.59. The highest BCUT2D eigenvalue weighted by Crippen LogP contribution is 2.41. The molecule has 5 rings (SSSR count). The van der Waals surface area contributed by atoms with Gasteiger partial charge in [-0.3, -0.25) is 14.5 Å². The van der Waals surface area contributed by atoms with E-state index in [9.17, 15) is 19.5 Å². The summed E-state index contributed by atoms with van der Waals surface area (Å²) in [7, 11) is 0. The van der Waals surface area contributed by atoms with E-state index in [1.807, 2.05) is 60.7 Å². The molecule has 1 saturated heterocycles. The molecule has 2 atom stereocenters. The smallest absolute Gasteiger partial charge is 0.352 e. The minimum absolute atomic E-state index is 0.0470. The van der Waals surface area contributed by atoms with Crippen LogP contribution in [0.2, 0.25) is 0 Å². The normalized spacial score (nSPS) is 18.9. The Morgan fingerprint density at radius 1 is 0.944 bits per heavy atom. The van der Waals surface area contributed by atoms with E-state index in [-0.39, 0.29) is 23.9 Å². The number of carboxylic acid groups (broad SMARTS) is 1. The second-order valence-corrected chi connectivity index (χ2v) is 10.7. The Morgan fingerprint density at radius 3 is 2.25 bits per heavy atom. The Morgan fingerprint density at radius 2 is 1.58 bits per heavy atom. The third-order valence-electron chi connectivity index (χ3n) is 6.15. The molecule has 8 heteroatoms. The molecule has 0 spiro atoms. The topological polar surface area (TPSA) is 86.7 Å². The van der Waals surface area contributed by atoms with E-state index in [1.165, 1.54) is 16.7 Å². The standard InChI is InChI=1S/C28H24N2O4S2/c31-23(15-18-7-3-1-4-8-18)29-24-26(32)30-25(28(33)34)21(17-36-27(24)30)16-35-22-13-11-20(12-14-22)19-9-5-2-6-10-19/h1-14,24,27H,15-17H2,(H,29,31)(H,33,34)/t24-,27-/m1/s1. The first-order valence-electron chi connectivity index (χ1n) is 11.5. The van der Waals surface area contributed by atoms with Gasteiger partial charge in [-0.1, -0.05) is 72.8 Å². The first-order chi connectivity index (χ1) is 17.5. The maximum atomic E-state index is 12.9. The molecule has 2 N–H and O–H groups in total. The van der Waals surface area contributed by atoms with Crippen LogP contribution in [0, 0.1) is 0 Å². The summed E-state index contributed by atoms with van der Waals surface area (Å²) in [5, 5.41) is 12.3. The number of amides is 2. The van der Waals surface area contributed by atoms with E-state index < -0.39 is 17.4 Å². The van der Waals surface area contributed by atoms with Gasteiger partial charge in [-0.2, -0.15) is 0 Å². The molecule has 0 bridgehead atoms. The van der Waals surface area contributed by atoms with Gasteiger partial charge in [-0.25, -0.2) is 4.79 Å². The van der Waals surface area contributed by atoms with Crippen LogP contribution in [0.3, 0.4) is 0 Å². The molecule has 2 heterocycles. The number of aliphatic carboxylic acids is 1. The average molecular weight is 517 g/mol. The van der Waals surface area contributed by atoms with Crippen LogP contribution < -0.4 is 5.32 Å². The molecule has 3 aromatic carbocycles. The fourth-order valence-corrected chi connectivity index (χ4v) is 6.73. The number of hydrogen-bond donors (Lipinski definition) is 2. The molecule has 6 nitrogen and oxygen atoms in total. The summed E-state index contributed by atoms with van der Waals surface area (Å²) in [6.07, 6.45) is 0.175. The number of nitrogens with one attached hydrogen (secondary N) is 1. The van der Waals surface area contributed by atoms with Crippen molar-refractivity contribution in [2.45, 2.75) is 22.7 Å². The van der Waals surface area contributed by atoms with Crippen LogP contribution in [0.15, 0.2) is 101 Å². The first kappa shape index (κ1) is 24.2. The minimum Gasteiger partial charge on any atom is -0.477 e. The number of rotatable bonds is 8. The molecular formula is C28H24N2O4S2. The molecule has 0 saturated carbocycles. The molecule has 182 valence electrons. The lowest BCUT2D eigenvalue weighted by atomic mass is 10.0. The minimum atomic E-state index is -1.11. The Hall–Kier alpha value is -3.49. The molecule has 3 aromatic rings. The van der Waals surface area contributed by atoms with Crippen molar-refractivity contribution in [2.24, 2.45) is 0 Å². The van der Waals surface area contributed by atoms with Crippen molar-refractivity contribution in [2.75, 3.05) is 11.5 Å². The van der Waals surface area contributed by atoms with E-state index in [1.54, 1.807) is 11.8 Å². The quantitative estimate of drug-likeness (QED) is 0.340. The maximum Gasteiger partial charge on any atom is 0.352 e. The molecule has 0 aromatic heterocycles. The molecule has 2 aliphatic heterocycles. The zero-order valence-corrected chi connectivity index (χ0v) is 20.9. The number of carbonyl (C=O) groups excluding carboxylic acids is 2. The predicted molar refractivity (Wildman–Crippen MR) is 142 cm³/mol. The largest absolute Gasteiger partial charge is 0.477 e. The van der Waals surface area contributed by atoms with Crippen LogP contribution in [0.5, 0.6) is 0 Å². The van der Waals surface area contributed by atoms with Gasteiger partial charge in [0.2, 0.25) is 5.91 Å². The van der Waals surface area contributed by atoms with Gasteiger partial charge in [0.1, 0.15) is 17.1 Å². The van der Waals surface area contributed by atoms with Gasteiger partial charge < -0.3 is 10.4 Å². The fraction of sp³-hybridized carbons (Fsp3) is 0.179. The summed E-state index contributed by atoms with van der Waals surface area (Å²) in [4.78, 5) is 39.8. The lowest BCUT2D eigenvalue weighted by Crippen LogP contribution is -2.70. The number of carbonyl (C=O) groups is 3. The summed E-state index contributed by atoms with van der Waals surface area (Å²) < 4.78 is 0. The van der Waals surface area contributed by atoms with Crippen molar-refractivity contribution in [1.82, 2.24) is 10.2 Å². The zero-order valence-electron chi connectivity index (χ0n) is 19.3. The molecule has 0 radical (unpaired) electrons. The van der Waals surface area contributed by atoms with Crippen LogP contribution >= 0.6 is 23.5 Å². The molecule has 0 unspecified atom stereocenters. The number of thioether (sulfide) groups is 2. The van der Waals surface area contributed by atoms with Crippen molar-refractivity contribution in [1.29, 1.82) is 0 Å². The number of benzene rings is 3. The van der Waals surface area contributed by atoms with Crippen LogP contribution in [0.25, 0.3) is 11.1 Å². The average Bonchev–Trinajstić information content (AvgIpc) is 2.91. The van der Waals surface area contributed by atoms with Crippen LogP contribution in [-0.4, -0.2) is 50.7 Å². The number of hydrogen-bond acceptors (Lipinski definition) is 5. The Kier molecular flexibility index (Phi) is 7.16. The van der Waals surface area contributed by atoms with Gasteiger partial charge in [0, 0.05) is 16.4 Å². The van der Waals surface area contributed by atoms with Crippen LogP contribution in [0.4, 0.5) is 0 Å². The van der Waals surface area contributed by atoms with Crippen molar-refractivity contribution in [3.8, 4) is 11.1 Å². The van der Waals surface area contributed by atoms with Crippen molar-refractivity contribution >= 4 is 41.3 Å². The Labute approximate surface area is 217 Å². The second-order valence-electron chi connectivity index (χ2n) is 8.55. The molecular weight excluding hydrogens is 492 g/mol. The third kappa shape index (κ3) is 5.05. The summed E-state index contributed by atoms with van der Waals surface area (Å²) in [6.45, 7) is 0. The lowest BCUT2D eigenvalue weighted by molar-refractivity contribution is -0.150. The van der Waals surface area contributed by atoms with Crippen LogP contribution in [0.1, 0.15) is 5.56 Å². The molecule has 0 aliphatic carbocycles. The molecule has 2 aliphatic rings. The van der Waals surface area contributed by atoms with Crippen molar-refractivity contribution in [3.05, 3.63) is 102 Å². The first-order valence-corrected chi connectivity index (χ1v) is 13.6. The fourth-order valence-electron chi connectivity index (χ4n) is 4.34. The number of β-lactam (4-membered cyclic amide) rings is 1. The number of fused-ring (bicyclic) bond motifs is 1. The highest BCUT2D eigenvalue weighted by molar-refractivity contribution is 8.01. The van der Waals surface area contributed by atoms with E-state index in [0.717, 1.165) is 21.6 Å². The van der Waals surface area contributed by atoms with E-state index in [4.69, 9.17) is 0 Å². The monoisotopic (exact) mass is 516 g/mol. The van der Waals surface area contributed by atoms with Crippen molar-refractivity contribution in [3.63, 3.8) is 0 Å². The van der Waals surface area contributed by atoms with Gasteiger partial charge in [-0.15, -0.1) is 23.5 Å². The summed E-state index contributed by atoms with van der Waals surface area (Å²) >= 11 is 3.04. The van der Waals surface area contributed by atoms with Crippen LogP contribution in [-0.2, 0) is 20.8 Å². The van der Waals surface area contributed by atoms with E-state index >= 15 is 0 Å². The van der Waals surface area contributed by atoms with Gasteiger partial charge >= 0.3 is 5.97 Å². The van der Waals surface area contributed by atoms with Gasteiger partial charge in [0.15, 0.2) is 0 Å². The highest BCUT2D eigenvalue weighted by atomic mass is 32.2. The van der Waals surface area contributed by atoms with Gasteiger partial charge in [-0.05, 0) is 34.4 Å². The molecule has 2 amide bonds. The van der Waals surface area contributed by atoms with Gasteiger partial charge in [0.25, 0.3) is 5.91 Å². The highest BCUT2D eigenvalue weighted by Gasteiger charge is 2.54. The predicted octanol–water partition coefficient (Wildman–Crippen LogP) is 4.43. The number of nitrogens with zero attached hydrogens (tertiary/aromatic N) is 1. The SMILES string of the molecule is O=C(Cc1ccccc1)N[C@@H]1C(=O)N2C(C(=O)O)=C(CSc3ccc(-c4ccccc4)cc3)CS[C@H]12.